The van der Waals surface area contributed by atoms with Gasteiger partial charge in [-0.2, -0.15) is 0 Å². The highest BCUT2D eigenvalue weighted by molar-refractivity contribution is 5.89. The topological polar surface area (TPSA) is 78.8 Å². The van der Waals surface area contributed by atoms with E-state index < -0.39 is 0 Å². The third kappa shape index (κ3) is 4.78. The Morgan fingerprint density at radius 2 is 1.84 bits per heavy atom. The first-order chi connectivity index (χ1) is 15.5. The van der Waals surface area contributed by atoms with Gasteiger partial charge in [0.1, 0.15) is 5.82 Å². The van der Waals surface area contributed by atoms with Gasteiger partial charge in [-0.15, -0.1) is 0 Å². The molecule has 1 aromatic heterocycles. The lowest BCUT2D eigenvalue weighted by Crippen LogP contribution is -2.38. The molecular formula is C25H32N4O3. The number of carbonyl (C=O) groups excluding carboxylic acids is 1. The number of aromatic nitrogens is 2. The van der Waals surface area contributed by atoms with Gasteiger partial charge in [0.2, 0.25) is 0 Å². The number of aliphatic hydroxyl groups is 1. The van der Waals surface area contributed by atoms with Crippen molar-refractivity contribution in [1.29, 1.82) is 0 Å². The molecule has 0 amide bonds. The van der Waals surface area contributed by atoms with Crippen LogP contribution in [0.1, 0.15) is 37.9 Å². The number of esters is 1. The van der Waals surface area contributed by atoms with E-state index in [1.807, 2.05) is 36.5 Å². The van der Waals surface area contributed by atoms with Crippen molar-refractivity contribution in [2.24, 2.45) is 0 Å². The molecule has 0 aliphatic carbocycles. The van der Waals surface area contributed by atoms with E-state index in [1.54, 1.807) is 0 Å². The van der Waals surface area contributed by atoms with E-state index in [4.69, 9.17) is 14.7 Å². The van der Waals surface area contributed by atoms with Crippen molar-refractivity contribution in [3.8, 4) is 11.4 Å². The Kier molecular flexibility index (Phi) is 6.74. The molecular weight excluding hydrogens is 404 g/mol. The van der Waals surface area contributed by atoms with Gasteiger partial charge >= 0.3 is 5.97 Å². The minimum atomic E-state index is -0.323. The average molecular weight is 437 g/mol. The van der Waals surface area contributed by atoms with Crippen LogP contribution in [0.5, 0.6) is 0 Å². The van der Waals surface area contributed by atoms with Gasteiger partial charge in [0.05, 0.1) is 24.5 Å². The standard InChI is InChI=1S/C25H32N4O3/c1-17(2)29-14-11-22-21(15-19(16-29)25(31)32-3)24(28-12-9-20(30)10-13-28)27-23(26-22)18-7-5-4-6-8-18/h4-8,16-17,20,30H,9-15H2,1-3H3. The Labute approximate surface area is 189 Å². The van der Waals surface area contributed by atoms with Crippen molar-refractivity contribution in [3.05, 3.63) is 53.4 Å². The first-order valence-corrected chi connectivity index (χ1v) is 11.4. The zero-order chi connectivity index (χ0) is 22.7. The number of aliphatic hydroxyl groups excluding tert-OH is 1. The number of rotatable bonds is 4. The quantitative estimate of drug-likeness (QED) is 0.738. The Bertz CT molecular complexity index is 982. The lowest BCUT2D eigenvalue weighted by atomic mass is 9.98. The highest BCUT2D eigenvalue weighted by Crippen LogP contribution is 2.31. The Morgan fingerprint density at radius 1 is 1.12 bits per heavy atom. The van der Waals surface area contributed by atoms with E-state index in [0.29, 0.717) is 30.7 Å². The SMILES string of the molecule is COC(=O)C1=CN(C(C)C)CCc2nc(-c3ccccc3)nc(N3CCC(O)CC3)c2C1. The van der Waals surface area contributed by atoms with Crippen molar-refractivity contribution < 1.29 is 14.6 Å². The summed E-state index contributed by atoms with van der Waals surface area (Å²) in [5, 5.41) is 10.0. The van der Waals surface area contributed by atoms with E-state index in [9.17, 15) is 9.90 Å². The van der Waals surface area contributed by atoms with Gasteiger partial charge in [0.15, 0.2) is 5.82 Å². The van der Waals surface area contributed by atoms with E-state index in [0.717, 1.165) is 48.7 Å². The third-order valence-corrected chi connectivity index (χ3v) is 6.27. The van der Waals surface area contributed by atoms with Gasteiger partial charge in [0.25, 0.3) is 0 Å². The lowest BCUT2D eigenvalue weighted by Gasteiger charge is -2.34. The molecule has 170 valence electrons. The largest absolute Gasteiger partial charge is 0.466 e. The summed E-state index contributed by atoms with van der Waals surface area (Å²) in [4.78, 5) is 27.0. The number of hydrogen-bond acceptors (Lipinski definition) is 7. The second-order valence-corrected chi connectivity index (χ2v) is 8.78. The molecule has 0 spiro atoms. The summed E-state index contributed by atoms with van der Waals surface area (Å²) in [7, 11) is 1.42. The summed E-state index contributed by atoms with van der Waals surface area (Å²) >= 11 is 0. The van der Waals surface area contributed by atoms with Crippen LogP contribution in [0.15, 0.2) is 42.1 Å². The predicted octanol–water partition coefficient (Wildman–Crippen LogP) is 2.97. The normalized spacial score (nSPS) is 17.5. The molecule has 32 heavy (non-hydrogen) atoms. The van der Waals surface area contributed by atoms with Crippen LogP contribution < -0.4 is 4.90 Å². The number of hydrogen-bond donors (Lipinski definition) is 1. The van der Waals surface area contributed by atoms with Crippen molar-refractivity contribution in [2.75, 3.05) is 31.6 Å². The number of piperidine rings is 1. The molecule has 7 heteroatoms. The molecule has 4 rings (SSSR count). The maximum absolute atomic E-state index is 12.6. The molecule has 0 bridgehead atoms. The third-order valence-electron chi connectivity index (χ3n) is 6.27. The molecule has 7 nitrogen and oxygen atoms in total. The van der Waals surface area contributed by atoms with Crippen LogP contribution in [0, 0.1) is 0 Å². The summed E-state index contributed by atoms with van der Waals surface area (Å²) in [5.41, 5.74) is 3.54. The van der Waals surface area contributed by atoms with Gasteiger partial charge < -0.3 is 19.6 Å². The Hall–Kier alpha value is -2.93. The number of carbonyl (C=O) groups is 1. The van der Waals surface area contributed by atoms with Gasteiger partial charge in [-0.05, 0) is 26.7 Å². The minimum Gasteiger partial charge on any atom is -0.466 e. The summed E-state index contributed by atoms with van der Waals surface area (Å²) in [6.45, 7) is 6.46. The molecule has 0 atom stereocenters. The second-order valence-electron chi connectivity index (χ2n) is 8.78. The molecule has 1 aromatic carbocycles. The van der Waals surface area contributed by atoms with E-state index in [2.05, 4.69) is 23.6 Å². The van der Waals surface area contributed by atoms with Crippen LogP contribution in [0.4, 0.5) is 5.82 Å². The molecule has 1 fully saturated rings. The van der Waals surface area contributed by atoms with Gasteiger partial charge in [-0.3, -0.25) is 0 Å². The maximum atomic E-state index is 12.6. The molecule has 2 aliphatic rings. The van der Waals surface area contributed by atoms with E-state index in [1.165, 1.54) is 7.11 Å². The van der Waals surface area contributed by atoms with Gasteiger partial charge in [0, 0.05) is 55.8 Å². The summed E-state index contributed by atoms with van der Waals surface area (Å²) in [5.74, 6) is 1.25. The fourth-order valence-corrected chi connectivity index (χ4v) is 4.36. The molecule has 3 heterocycles. The van der Waals surface area contributed by atoms with Gasteiger partial charge in [-0.1, -0.05) is 30.3 Å². The molecule has 0 unspecified atom stereocenters. The highest BCUT2D eigenvalue weighted by atomic mass is 16.5. The summed E-state index contributed by atoms with van der Waals surface area (Å²) in [6.07, 6.45) is 4.28. The molecule has 0 saturated carbocycles. The Morgan fingerprint density at radius 3 is 2.50 bits per heavy atom. The fourth-order valence-electron chi connectivity index (χ4n) is 4.36. The van der Waals surface area contributed by atoms with Crippen LogP contribution >= 0.6 is 0 Å². The number of anilines is 1. The smallest absolute Gasteiger partial charge is 0.335 e. The Balaban J connectivity index is 1.83. The number of fused-ring (bicyclic) bond motifs is 1. The van der Waals surface area contributed by atoms with Crippen LogP contribution in [0.3, 0.4) is 0 Å². The second kappa shape index (κ2) is 9.69. The van der Waals surface area contributed by atoms with Crippen LogP contribution in [-0.4, -0.2) is 64.8 Å². The maximum Gasteiger partial charge on any atom is 0.335 e. The number of nitrogens with zero attached hydrogens (tertiary/aromatic N) is 4. The van der Waals surface area contributed by atoms with Crippen LogP contribution in [0.2, 0.25) is 0 Å². The average Bonchev–Trinajstić information content (AvgIpc) is 2.79. The summed E-state index contributed by atoms with van der Waals surface area (Å²) < 4.78 is 5.10. The van der Waals surface area contributed by atoms with Crippen molar-refractivity contribution >= 4 is 11.8 Å². The molecule has 2 aromatic rings. The minimum absolute atomic E-state index is 0.259. The van der Waals surface area contributed by atoms with Crippen LogP contribution in [-0.2, 0) is 22.4 Å². The van der Waals surface area contributed by atoms with Crippen molar-refractivity contribution in [2.45, 2.75) is 51.7 Å². The number of benzene rings is 1. The summed E-state index contributed by atoms with van der Waals surface area (Å²) in [6, 6.07) is 10.3. The molecule has 0 radical (unpaired) electrons. The zero-order valence-corrected chi connectivity index (χ0v) is 19.1. The van der Waals surface area contributed by atoms with Crippen molar-refractivity contribution in [1.82, 2.24) is 14.9 Å². The van der Waals surface area contributed by atoms with Crippen molar-refractivity contribution in [3.63, 3.8) is 0 Å². The predicted molar refractivity (Wildman–Crippen MR) is 124 cm³/mol. The van der Waals surface area contributed by atoms with E-state index in [-0.39, 0.29) is 18.1 Å². The monoisotopic (exact) mass is 436 g/mol. The zero-order valence-electron chi connectivity index (χ0n) is 19.1. The molecule has 2 aliphatic heterocycles. The highest BCUT2D eigenvalue weighted by Gasteiger charge is 2.28. The lowest BCUT2D eigenvalue weighted by molar-refractivity contribution is -0.136. The molecule has 1 saturated heterocycles. The fraction of sp³-hybridized carbons (Fsp3) is 0.480. The molecule has 1 N–H and O–H groups in total. The first kappa shape index (κ1) is 22.3. The number of ether oxygens (including phenoxy) is 1. The number of methoxy groups -OCH3 is 1. The van der Waals surface area contributed by atoms with Crippen LogP contribution in [0.25, 0.3) is 11.4 Å². The first-order valence-electron chi connectivity index (χ1n) is 11.4. The van der Waals surface area contributed by atoms with E-state index >= 15 is 0 Å². The van der Waals surface area contributed by atoms with Gasteiger partial charge in [-0.25, -0.2) is 14.8 Å².